The Hall–Kier alpha value is -1.91. The van der Waals surface area contributed by atoms with Crippen LogP contribution in [0.5, 0.6) is 0 Å². The van der Waals surface area contributed by atoms with E-state index >= 15 is 0 Å². The van der Waals surface area contributed by atoms with Gasteiger partial charge < -0.3 is 5.32 Å². The van der Waals surface area contributed by atoms with Gasteiger partial charge in [0.1, 0.15) is 6.33 Å². The fraction of sp³-hybridized carbons (Fsp3) is 0.562. The Labute approximate surface area is 126 Å². The second-order valence-electron chi connectivity index (χ2n) is 5.75. The average Bonchev–Trinajstić information content (AvgIpc) is 3.02. The number of tetrazole rings is 1. The monoisotopic (exact) mass is 287 g/mol. The van der Waals surface area contributed by atoms with Crippen molar-refractivity contribution < 1.29 is 0 Å². The van der Waals surface area contributed by atoms with Crippen LogP contribution in [-0.4, -0.2) is 26.2 Å². The van der Waals surface area contributed by atoms with E-state index in [-0.39, 0.29) is 0 Å². The topological polar surface area (TPSA) is 55.6 Å². The molecule has 2 aromatic rings. The van der Waals surface area contributed by atoms with Crippen LogP contribution < -0.4 is 5.32 Å². The normalized spacial score (nSPS) is 13.9. The minimum absolute atomic E-state index is 0.504. The van der Waals surface area contributed by atoms with Crippen molar-refractivity contribution in [1.82, 2.24) is 20.2 Å². The van der Waals surface area contributed by atoms with Gasteiger partial charge in [0.25, 0.3) is 0 Å². The Morgan fingerprint density at radius 3 is 2.67 bits per heavy atom. The van der Waals surface area contributed by atoms with E-state index in [1.165, 1.54) is 12.8 Å². The van der Waals surface area contributed by atoms with E-state index in [1.807, 2.05) is 0 Å². The molecule has 0 saturated carbocycles. The van der Waals surface area contributed by atoms with Gasteiger partial charge in [0.15, 0.2) is 0 Å². The number of aromatic nitrogens is 4. The van der Waals surface area contributed by atoms with Crippen LogP contribution in [-0.2, 0) is 0 Å². The molecule has 21 heavy (non-hydrogen) atoms. The summed E-state index contributed by atoms with van der Waals surface area (Å²) in [5.41, 5.74) is 3.30. The van der Waals surface area contributed by atoms with Crippen molar-refractivity contribution in [1.29, 1.82) is 0 Å². The molecule has 0 bridgehead atoms. The summed E-state index contributed by atoms with van der Waals surface area (Å²) < 4.78 is 1.70. The largest absolute Gasteiger partial charge is 0.382 e. The summed E-state index contributed by atoms with van der Waals surface area (Å²) in [5, 5.41) is 15.0. The second kappa shape index (κ2) is 7.20. The summed E-state index contributed by atoms with van der Waals surface area (Å²) in [6.07, 6.45) is 5.17. The molecule has 2 atom stereocenters. The van der Waals surface area contributed by atoms with Gasteiger partial charge in [-0.15, -0.1) is 5.10 Å². The predicted octanol–water partition coefficient (Wildman–Crippen LogP) is 3.60. The number of hydrogen-bond acceptors (Lipinski definition) is 4. The summed E-state index contributed by atoms with van der Waals surface area (Å²) in [5.74, 6) is 0.742. The highest BCUT2D eigenvalue weighted by Crippen LogP contribution is 2.21. The minimum atomic E-state index is 0.504. The lowest BCUT2D eigenvalue weighted by atomic mass is 9.97. The van der Waals surface area contributed by atoms with Crippen LogP contribution in [0.4, 0.5) is 5.69 Å². The van der Waals surface area contributed by atoms with Crippen LogP contribution in [0, 0.1) is 12.8 Å². The summed E-state index contributed by atoms with van der Waals surface area (Å²) in [7, 11) is 0. The maximum atomic E-state index is 3.98. The van der Waals surface area contributed by atoms with Gasteiger partial charge in [0.2, 0.25) is 0 Å². The Bertz CT molecular complexity index is 550. The third-order valence-electron chi connectivity index (χ3n) is 4.05. The molecular weight excluding hydrogens is 262 g/mol. The van der Waals surface area contributed by atoms with E-state index in [9.17, 15) is 0 Å². The Morgan fingerprint density at radius 1 is 1.24 bits per heavy atom. The molecule has 1 aromatic carbocycles. The zero-order valence-electron chi connectivity index (χ0n) is 13.4. The van der Waals surface area contributed by atoms with Crippen LogP contribution in [0.3, 0.4) is 0 Å². The number of nitrogens with zero attached hydrogens (tertiary/aromatic N) is 4. The number of nitrogens with one attached hydrogen (secondary N) is 1. The van der Waals surface area contributed by atoms with E-state index in [2.05, 4.69) is 66.7 Å². The first-order valence-electron chi connectivity index (χ1n) is 7.74. The molecule has 0 aliphatic carbocycles. The molecule has 0 amide bonds. The smallest absolute Gasteiger partial charge is 0.143 e. The molecule has 0 fully saturated rings. The van der Waals surface area contributed by atoms with Gasteiger partial charge in [0.05, 0.1) is 5.69 Å². The third-order valence-corrected chi connectivity index (χ3v) is 4.05. The minimum Gasteiger partial charge on any atom is -0.382 e. The summed E-state index contributed by atoms with van der Waals surface area (Å²) in [6.45, 7) is 8.86. The van der Waals surface area contributed by atoms with Crippen molar-refractivity contribution in [3.05, 3.63) is 30.1 Å². The SMILES string of the molecule is CCC(C)CC(CC)Nc1ccc(C)c(-n2cnnn2)c1. The van der Waals surface area contributed by atoms with Crippen molar-refractivity contribution >= 4 is 5.69 Å². The first kappa shape index (κ1) is 15.5. The maximum absolute atomic E-state index is 3.98. The van der Waals surface area contributed by atoms with Gasteiger partial charge in [-0.25, -0.2) is 4.68 Å². The lowest BCUT2D eigenvalue weighted by molar-refractivity contribution is 0.462. The number of rotatable bonds is 7. The molecule has 0 saturated heterocycles. The molecule has 0 aliphatic rings. The summed E-state index contributed by atoms with van der Waals surface area (Å²) in [4.78, 5) is 0. The van der Waals surface area contributed by atoms with Gasteiger partial charge in [0, 0.05) is 11.7 Å². The number of aryl methyl sites for hydroxylation is 1. The van der Waals surface area contributed by atoms with Gasteiger partial charge in [-0.2, -0.15) is 0 Å². The number of hydrogen-bond donors (Lipinski definition) is 1. The fourth-order valence-electron chi connectivity index (χ4n) is 2.43. The highest BCUT2D eigenvalue weighted by Gasteiger charge is 2.11. The molecule has 5 heteroatoms. The van der Waals surface area contributed by atoms with E-state index < -0.39 is 0 Å². The molecule has 1 heterocycles. The Balaban J connectivity index is 2.15. The van der Waals surface area contributed by atoms with E-state index in [0.717, 1.165) is 29.3 Å². The van der Waals surface area contributed by atoms with Crippen LogP contribution in [0.2, 0.25) is 0 Å². The first-order chi connectivity index (χ1) is 10.1. The molecular formula is C16H25N5. The highest BCUT2D eigenvalue weighted by molar-refractivity contribution is 5.54. The van der Waals surface area contributed by atoms with E-state index in [4.69, 9.17) is 0 Å². The number of benzene rings is 1. The van der Waals surface area contributed by atoms with E-state index in [0.29, 0.717) is 6.04 Å². The van der Waals surface area contributed by atoms with Gasteiger partial charge in [-0.3, -0.25) is 0 Å². The molecule has 0 spiro atoms. The molecule has 1 N–H and O–H groups in total. The molecule has 0 radical (unpaired) electrons. The lowest BCUT2D eigenvalue weighted by Crippen LogP contribution is -2.21. The Morgan fingerprint density at radius 2 is 2.05 bits per heavy atom. The standard InChI is InChI=1S/C16H25N5/c1-5-12(3)9-14(6-2)18-15-8-7-13(4)16(10-15)21-11-17-19-20-21/h7-8,10-12,14,18H,5-6,9H2,1-4H3. The highest BCUT2D eigenvalue weighted by atomic mass is 15.5. The third kappa shape index (κ3) is 4.03. The first-order valence-corrected chi connectivity index (χ1v) is 7.74. The van der Waals surface area contributed by atoms with Crippen molar-refractivity contribution in [2.75, 3.05) is 5.32 Å². The van der Waals surface area contributed by atoms with Gasteiger partial charge >= 0.3 is 0 Å². The van der Waals surface area contributed by atoms with Crippen LogP contribution in [0.25, 0.3) is 5.69 Å². The predicted molar refractivity (Wildman–Crippen MR) is 85.7 cm³/mol. The van der Waals surface area contributed by atoms with Crippen LogP contribution in [0.1, 0.15) is 45.6 Å². The fourth-order valence-corrected chi connectivity index (χ4v) is 2.43. The van der Waals surface area contributed by atoms with Crippen molar-refractivity contribution in [2.45, 2.75) is 53.0 Å². The molecule has 2 unspecified atom stereocenters. The zero-order chi connectivity index (χ0) is 15.2. The average molecular weight is 287 g/mol. The van der Waals surface area contributed by atoms with Crippen molar-refractivity contribution in [3.63, 3.8) is 0 Å². The lowest BCUT2D eigenvalue weighted by Gasteiger charge is -2.22. The second-order valence-corrected chi connectivity index (χ2v) is 5.75. The molecule has 2 rings (SSSR count). The van der Waals surface area contributed by atoms with Crippen molar-refractivity contribution in [3.8, 4) is 5.69 Å². The van der Waals surface area contributed by atoms with E-state index in [1.54, 1.807) is 11.0 Å². The molecule has 0 aliphatic heterocycles. The molecule has 114 valence electrons. The van der Waals surface area contributed by atoms with Crippen LogP contribution >= 0.6 is 0 Å². The maximum Gasteiger partial charge on any atom is 0.143 e. The zero-order valence-corrected chi connectivity index (χ0v) is 13.4. The molecule has 1 aromatic heterocycles. The summed E-state index contributed by atoms with van der Waals surface area (Å²) in [6, 6.07) is 6.85. The Kier molecular flexibility index (Phi) is 5.31. The molecule has 5 nitrogen and oxygen atoms in total. The number of anilines is 1. The van der Waals surface area contributed by atoms with Gasteiger partial charge in [-0.1, -0.05) is 33.3 Å². The van der Waals surface area contributed by atoms with Gasteiger partial charge in [-0.05, 0) is 53.8 Å². The summed E-state index contributed by atoms with van der Waals surface area (Å²) >= 11 is 0. The van der Waals surface area contributed by atoms with Crippen molar-refractivity contribution in [2.24, 2.45) is 5.92 Å². The van der Waals surface area contributed by atoms with Crippen LogP contribution in [0.15, 0.2) is 24.5 Å². The quantitative estimate of drug-likeness (QED) is 0.845.